The van der Waals surface area contributed by atoms with E-state index in [9.17, 15) is 4.79 Å². The summed E-state index contributed by atoms with van der Waals surface area (Å²) < 4.78 is 2.46. The molecule has 2 aromatic rings. The minimum Gasteiger partial charge on any atom is -0.339 e. The van der Waals surface area contributed by atoms with Crippen molar-refractivity contribution in [1.82, 2.24) is 19.4 Å². The molecular weight excluding hydrogens is 408 g/mol. The number of carbonyl (C=O) groups excluding carboxylic acids is 1. The van der Waals surface area contributed by atoms with Gasteiger partial charge in [-0.1, -0.05) is 39.5 Å². The topological polar surface area (TPSA) is 41.4 Å². The average Bonchev–Trinajstić information content (AvgIpc) is 3.15. The summed E-state index contributed by atoms with van der Waals surface area (Å²) in [6.07, 6.45) is 13.4. The molecule has 5 nitrogen and oxygen atoms in total. The van der Waals surface area contributed by atoms with E-state index < -0.39 is 0 Å². The van der Waals surface area contributed by atoms with Crippen LogP contribution in [-0.4, -0.2) is 58.0 Å². The number of unbranched alkanes of at least 4 members (excludes halogenated alkanes) is 2. The van der Waals surface area contributed by atoms with Gasteiger partial charge in [0.25, 0.3) is 5.91 Å². The summed E-state index contributed by atoms with van der Waals surface area (Å²) in [7, 11) is 0. The van der Waals surface area contributed by atoms with Crippen LogP contribution in [0.5, 0.6) is 0 Å². The van der Waals surface area contributed by atoms with Crippen molar-refractivity contribution in [2.45, 2.75) is 96.9 Å². The number of carbonyl (C=O) groups is 1. The van der Waals surface area contributed by atoms with Gasteiger partial charge in [0, 0.05) is 31.1 Å². The van der Waals surface area contributed by atoms with E-state index in [-0.39, 0.29) is 5.91 Å². The van der Waals surface area contributed by atoms with E-state index in [1.165, 1.54) is 64.0 Å². The summed E-state index contributed by atoms with van der Waals surface area (Å²) in [5.41, 5.74) is 3.04. The maximum atomic E-state index is 13.4. The number of benzene rings is 1. The number of piperidine rings is 1. The second-order valence-corrected chi connectivity index (χ2v) is 10.2. The molecule has 1 aliphatic heterocycles. The first kappa shape index (κ1) is 24.3. The van der Waals surface area contributed by atoms with Crippen molar-refractivity contribution in [3.63, 3.8) is 0 Å². The van der Waals surface area contributed by atoms with Gasteiger partial charge in [0.15, 0.2) is 0 Å². The quantitative estimate of drug-likeness (QED) is 0.384. The molecule has 0 bridgehead atoms. The van der Waals surface area contributed by atoms with Gasteiger partial charge in [-0.2, -0.15) is 0 Å². The van der Waals surface area contributed by atoms with Crippen molar-refractivity contribution in [1.29, 1.82) is 0 Å². The van der Waals surface area contributed by atoms with E-state index in [0.717, 1.165) is 68.3 Å². The minimum atomic E-state index is 0.185. The normalized spacial score (nSPS) is 17.4. The fraction of sp³-hybridized carbons (Fsp3) is 0.714. The highest BCUT2D eigenvalue weighted by molar-refractivity contribution is 5.97. The Morgan fingerprint density at radius 3 is 2.33 bits per heavy atom. The number of nitrogens with zero attached hydrogens (tertiary/aromatic N) is 4. The number of hydrogen-bond acceptors (Lipinski definition) is 3. The predicted molar refractivity (Wildman–Crippen MR) is 137 cm³/mol. The van der Waals surface area contributed by atoms with E-state index in [4.69, 9.17) is 4.98 Å². The number of hydrogen-bond donors (Lipinski definition) is 0. The Morgan fingerprint density at radius 2 is 1.70 bits per heavy atom. The molecule has 2 heterocycles. The van der Waals surface area contributed by atoms with Crippen LogP contribution in [0.25, 0.3) is 11.0 Å². The molecule has 0 atom stereocenters. The van der Waals surface area contributed by atoms with Crippen LogP contribution in [0.15, 0.2) is 18.2 Å². The molecule has 4 rings (SSSR count). The lowest BCUT2D eigenvalue weighted by atomic mass is 9.85. The summed E-state index contributed by atoms with van der Waals surface area (Å²) in [6.45, 7) is 10.8. The van der Waals surface area contributed by atoms with Gasteiger partial charge in [-0.3, -0.25) is 4.79 Å². The van der Waals surface area contributed by atoms with E-state index >= 15 is 0 Å². The number of fused-ring (bicyclic) bond motifs is 1. The molecule has 0 spiro atoms. The van der Waals surface area contributed by atoms with Crippen LogP contribution < -0.4 is 0 Å². The van der Waals surface area contributed by atoms with Crippen LogP contribution in [0.2, 0.25) is 0 Å². The Balaban J connectivity index is 1.55. The van der Waals surface area contributed by atoms with E-state index in [0.29, 0.717) is 5.92 Å². The third kappa shape index (κ3) is 5.98. The fourth-order valence-corrected chi connectivity index (χ4v) is 5.32. The van der Waals surface area contributed by atoms with Crippen molar-refractivity contribution in [3.05, 3.63) is 29.6 Å². The first-order valence-corrected chi connectivity index (χ1v) is 13.7. The van der Waals surface area contributed by atoms with Gasteiger partial charge in [0.1, 0.15) is 5.82 Å². The standard InChI is InChI=1S/C28H44N4O/c1-3-5-19-31(20-6-4-2)28(33)24-14-15-25-26(22-24)32(27(29-25)23-12-10-13-23)21-11-18-30-16-8-7-9-17-30/h14-15,22-23H,3-13,16-21H2,1-2H3. The monoisotopic (exact) mass is 452 g/mol. The van der Waals surface area contributed by atoms with Crippen molar-refractivity contribution in [3.8, 4) is 0 Å². The third-order valence-electron chi connectivity index (χ3n) is 7.65. The van der Waals surface area contributed by atoms with Crippen molar-refractivity contribution in [2.75, 3.05) is 32.7 Å². The number of imidazole rings is 1. The number of aromatic nitrogens is 2. The summed E-state index contributed by atoms with van der Waals surface area (Å²) in [5.74, 6) is 2.04. The Hall–Kier alpha value is -1.88. The van der Waals surface area contributed by atoms with Gasteiger partial charge in [-0.05, 0) is 82.8 Å². The maximum Gasteiger partial charge on any atom is 0.253 e. The zero-order valence-corrected chi connectivity index (χ0v) is 21.0. The summed E-state index contributed by atoms with van der Waals surface area (Å²) >= 11 is 0. The molecule has 1 aliphatic carbocycles. The van der Waals surface area contributed by atoms with Crippen LogP contribution in [0, 0.1) is 0 Å². The molecule has 1 amide bonds. The van der Waals surface area contributed by atoms with Crippen molar-refractivity contribution < 1.29 is 4.79 Å². The Kier molecular flexibility index (Phi) is 8.82. The van der Waals surface area contributed by atoms with E-state index in [1.807, 2.05) is 6.07 Å². The smallest absolute Gasteiger partial charge is 0.253 e. The molecule has 5 heteroatoms. The van der Waals surface area contributed by atoms with Crippen LogP contribution in [-0.2, 0) is 6.54 Å². The SMILES string of the molecule is CCCCN(CCCC)C(=O)c1ccc2nc(C3CCC3)n(CCCN3CCCCC3)c2c1. The van der Waals surface area contributed by atoms with Gasteiger partial charge in [-0.25, -0.2) is 4.98 Å². The minimum absolute atomic E-state index is 0.185. The van der Waals surface area contributed by atoms with Crippen molar-refractivity contribution >= 4 is 16.9 Å². The Bertz CT molecular complexity index is 887. The molecule has 1 saturated carbocycles. The van der Waals surface area contributed by atoms with Gasteiger partial charge >= 0.3 is 0 Å². The Morgan fingerprint density at radius 1 is 0.970 bits per heavy atom. The number of aryl methyl sites for hydroxylation is 1. The molecule has 0 unspecified atom stereocenters. The Labute approximate surface area is 200 Å². The van der Waals surface area contributed by atoms with Gasteiger partial charge in [-0.15, -0.1) is 0 Å². The van der Waals surface area contributed by atoms with Crippen molar-refractivity contribution in [2.24, 2.45) is 0 Å². The van der Waals surface area contributed by atoms with Gasteiger partial charge < -0.3 is 14.4 Å². The lowest BCUT2D eigenvalue weighted by Crippen LogP contribution is -2.33. The number of rotatable bonds is 12. The van der Waals surface area contributed by atoms with Gasteiger partial charge in [0.2, 0.25) is 0 Å². The maximum absolute atomic E-state index is 13.4. The molecule has 0 radical (unpaired) electrons. The molecule has 182 valence electrons. The fourth-order valence-electron chi connectivity index (χ4n) is 5.32. The first-order valence-electron chi connectivity index (χ1n) is 13.7. The lowest BCUT2D eigenvalue weighted by Gasteiger charge is -2.28. The predicted octanol–water partition coefficient (Wildman–Crippen LogP) is 6.22. The first-order chi connectivity index (χ1) is 16.2. The van der Waals surface area contributed by atoms with Crippen LogP contribution >= 0.6 is 0 Å². The van der Waals surface area contributed by atoms with E-state index in [2.05, 4.69) is 40.3 Å². The lowest BCUT2D eigenvalue weighted by molar-refractivity contribution is 0.0751. The summed E-state index contributed by atoms with van der Waals surface area (Å²) in [4.78, 5) is 23.2. The largest absolute Gasteiger partial charge is 0.339 e. The molecule has 1 aromatic heterocycles. The zero-order valence-electron chi connectivity index (χ0n) is 21.0. The van der Waals surface area contributed by atoms with E-state index in [1.54, 1.807) is 0 Å². The third-order valence-corrected chi connectivity index (χ3v) is 7.65. The summed E-state index contributed by atoms with van der Waals surface area (Å²) in [5, 5.41) is 0. The molecule has 0 N–H and O–H groups in total. The highest BCUT2D eigenvalue weighted by Crippen LogP contribution is 2.37. The molecule has 2 fully saturated rings. The van der Waals surface area contributed by atoms with Crippen LogP contribution in [0.1, 0.15) is 107 Å². The van der Waals surface area contributed by atoms with Gasteiger partial charge in [0.05, 0.1) is 11.0 Å². The zero-order chi connectivity index (χ0) is 23.0. The number of amides is 1. The average molecular weight is 453 g/mol. The highest BCUT2D eigenvalue weighted by atomic mass is 16.2. The second kappa shape index (κ2) is 12.0. The number of likely N-dealkylation sites (tertiary alicyclic amines) is 1. The molecule has 33 heavy (non-hydrogen) atoms. The second-order valence-electron chi connectivity index (χ2n) is 10.2. The molecule has 1 saturated heterocycles. The highest BCUT2D eigenvalue weighted by Gasteiger charge is 2.26. The molecule has 2 aliphatic rings. The molecule has 1 aromatic carbocycles. The van der Waals surface area contributed by atoms with Crippen LogP contribution in [0.3, 0.4) is 0 Å². The summed E-state index contributed by atoms with van der Waals surface area (Å²) in [6, 6.07) is 6.23. The van der Waals surface area contributed by atoms with Crippen LogP contribution in [0.4, 0.5) is 0 Å². The molecular formula is C28H44N4O.